The van der Waals surface area contributed by atoms with Gasteiger partial charge in [0.25, 0.3) is 0 Å². The topological polar surface area (TPSA) is 41.6 Å². The number of benzene rings is 2. The van der Waals surface area contributed by atoms with Crippen molar-refractivity contribution in [3.05, 3.63) is 64.4 Å². The summed E-state index contributed by atoms with van der Waals surface area (Å²) in [4.78, 5) is 14.8. The van der Waals surface area contributed by atoms with Gasteiger partial charge in [0.15, 0.2) is 0 Å². The number of aryl methyl sites for hydroxylation is 1. The first-order chi connectivity index (χ1) is 13.9. The van der Waals surface area contributed by atoms with Crippen LogP contribution in [0, 0.1) is 18.7 Å². The first-order valence-electron chi connectivity index (χ1n) is 10.1. The molecule has 2 aromatic rings. The van der Waals surface area contributed by atoms with Gasteiger partial charge >= 0.3 is 0 Å². The van der Waals surface area contributed by atoms with Crippen molar-refractivity contribution in [2.75, 3.05) is 19.7 Å². The van der Waals surface area contributed by atoms with Crippen LogP contribution in [0.15, 0.2) is 42.5 Å². The highest BCUT2D eigenvalue weighted by Crippen LogP contribution is 2.22. The van der Waals surface area contributed by atoms with Gasteiger partial charge in [-0.2, -0.15) is 0 Å². The van der Waals surface area contributed by atoms with E-state index >= 15 is 0 Å². The Balaban J connectivity index is 1.41. The summed E-state index contributed by atoms with van der Waals surface area (Å²) in [6.07, 6.45) is 1.54. The number of rotatable bonds is 7. The van der Waals surface area contributed by atoms with Gasteiger partial charge in [-0.15, -0.1) is 0 Å². The zero-order valence-electron chi connectivity index (χ0n) is 17.0. The number of halogens is 2. The van der Waals surface area contributed by atoms with Gasteiger partial charge < -0.3 is 10.1 Å². The Hall–Kier alpha value is -2.11. The van der Waals surface area contributed by atoms with Crippen LogP contribution in [0.1, 0.15) is 30.9 Å². The molecule has 1 aliphatic heterocycles. The van der Waals surface area contributed by atoms with Gasteiger partial charge in [0.1, 0.15) is 18.2 Å². The molecule has 156 valence electrons. The van der Waals surface area contributed by atoms with E-state index in [1.165, 1.54) is 6.07 Å². The number of nitrogens with one attached hydrogen (secondary N) is 1. The largest absolute Gasteiger partial charge is 0.491 e. The molecule has 1 amide bonds. The first kappa shape index (κ1) is 21.6. The summed E-state index contributed by atoms with van der Waals surface area (Å²) >= 11 is 5.81. The number of carbonyl (C=O) groups excluding carboxylic acids is 1. The summed E-state index contributed by atoms with van der Waals surface area (Å²) in [5.74, 6) is 0.626. The maximum atomic E-state index is 14.0. The van der Waals surface area contributed by atoms with Crippen molar-refractivity contribution < 1.29 is 13.9 Å². The molecule has 0 bridgehead atoms. The van der Waals surface area contributed by atoms with E-state index in [2.05, 4.69) is 10.2 Å². The average molecular weight is 419 g/mol. The highest BCUT2D eigenvalue weighted by molar-refractivity contribution is 6.30. The summed E-state index contributed by atoms with van der Waals surface area (Å²) in [6.45, 7) is 6.47. The van der Waals surface area contributed by atoms with Crippen LogP contribution in [0.4, 0.5) is 4.39 Å². The SMILES string of the molecule is Cc1ccccc1OC[C@@H](C)NC(=O)C1CCN(Cc2ccc(Cl)cc2F)CC1. The van der Waals surface area contributed by atoms with Crippen LogP contribution in [-0.2, 0) is 11.3 Å². The lowest BCUT2D eigenvalue weighted by atomic mass is 9.95. The number of amides is 1. The fourth-order valence-electron chi connectivity index (χ4n) is 3.58. The summed E-state index contributed by atoms with van der Waals surface area (Å²) < 4.78 is 19.8. The highest BCUT2D eigenvalue weighted by atomic mass is 35.5. The number of piperidine rings is 1. The van der Waals surface area contributed by atoms with E-state index in [-0.39, 0.29) is 23.7 Å². The minimum atomic E-state index is -0.278. The van der Waals surface area contributed by atoms with Gasteiger partial charge in [-0.05, 0) is 63.5 Å². The Labute approximate surface area is 177 Å². The minimum absolute atomic E-state index is 0.0118. The first-order valence-corrected chi connectivity index (χ1v) is 10.4. The van der Waals surface area contributed by atoms with Gasteiger partial charge in [-0.1, -0.05) is 35.9 Å². The van der Waals surface area contributed by atoms with Crippen molar-refractivity contribution in [1.29, 1.82) is 0 Å². The number of ether oxygens (including phenoxy) is 1. The van der Waals surface area contributed by atoms with E-state index < -0.39 is 0 Å². The van der Waals surface area contributed by atoms with Gasteiger partial charge in [-0.25, -0.2) is 4.39 Å². The van der Waals surface area contributed by atoms with E-state index in [4.69, 9.17) is 16.3 Å². The third kappa shape index (κ3) is 6.18. The quantitative estimate of drug-likeness (QED) is 0.715. The molecule has 1 atom stereocenters. The second kappa shape index (κ2) is 10.1. The average Bonchev–Trinajstić information content (AvgIpc) is 2.70. The molecule has 1 aliphatic rings. The van der Waals surface area contributed by atoms with Gasteiger partial charge in [0.2, 0.25) is 5.91 Å². The van der Waals surface area contributed by atoms with E-state index in [0.29, 0.717) is 23.7 Å². The Morgan fingerprint density at radius 1 is 1.28 bits per heavy atom. The molecule has 0 radical (unpaired) electrons. The number of likely N-dealkylation sites (tertiary alicyclic amines) is 1. The summed E-state index contributed by atoms with van der Waals surface area (Å²) in [5, 5.41) is 3.47. The van der Waals surface area contributed by atoms with Crippen molar-refractivity contribution >= 4 is 17.5 Å². The van der Waals surface area contributed by atoms with Crippen molar-refractivity contribution in [3.63, 3.8) is 0 Å². The molecular formula is C23H28ClFN2O2. The number of carbonyl (C=O) groups is 1. The molecule has 29 heavy (non-hydrogen) atoms. The lowest BCUT2D eigenvalue weighted by Gasteiger charge is -2.32. The molecule has 1 heterocycles. The van der Waals surface area contributed by atoms with Crippen LogP contribution in [0.25, 0.3) is 0 Å². The standard InChI is InChI=1S/C23H28ClFN2O2/c1-16-5-3-4-6-22(16)29-15-17(2)26-23(28)18-9-11-27(12-10-18)14-19-7-8-20(24)13-21(19)25/h3-8,13,17-18H,9-12,14-15H2,1-2H3,(H,26,28)/t17-/m1/s1. The Bertz CT molecular complexity index is 837. The number of nitrogens with zero attached hydrogens (tertiary/aromatic N) is 1. The Kier molecular flexibility index (Phi) is 7.51. The number of para-hydroxylation sites is 1. The summed E-state index contributed by atoms with van der Waals surface area (Å²) in [7, 11) is 0. The van der Waals surface area contributed by atoms with E-state index in [9.17, 15) is 9.18 Å². The second-order valence-corrected chi connectivity index (χ2v) is 8.21. The zero-order chi connectivity index (χ0) is 20.8. The number of hydrogen-bond acceptors (Lipinski definition) is 3. The molecule has 3 rings (SSSR count). The van der Waals surface area contributed by atoms with E-state index in [1.54, 1.807) is 12.1 Å². The van der Waals surface area contributed by atoms with Crippen molar-refractivity contribution in [2.24, 2.45) is 5.92 Å². The molecular weight excluding hydrogens is 391 g/mol. The fourth-order valence-corrected chi connectivity index (χ4v) is 3.74. The molecule has 0 unspecified atom stereocenters. The van der Waals surface area contributed by atoms with Crippen LogP contribution >= 0.6 is 11.6 Å². The van der Waals surface area contributed by atoms with Gasteiger partial charge in [0, 0.05) is 23.0 Å². The molecule has 1 fully saturated rings. The van der Waals surface area contributed by atoms with E-state index in [0.717, 1.165) is 37.2 Å². The molecule has 0 spiro atoms. The monoisotopic (exact) mass is 418 g/mol. The Morgan fingerprint density at radius 2 is 2.00 bits per heavy atom. The van der Waals surface area contributed by atoms with Crippen LogP contribution < -0.4 is 10.1 Å². The third-order valence-corrected chi connectivity index (χ3v) is 5.57. The van der Waals surface area contributed by atoms with Crippen molar-refractivity contribution in [1.82, 2.24) is 10.2 Å². The lowest BCUT2D eigenvalue weighted by Crippen LogP contribution is -2.44. The van der Waals surface area contributed by atoms with Crippen molar-refractivity contribution in [2.45, 2.75) is 39.3 Å². The summed E-state index contributed by atoms with van der Waals surface area (Å²) in [6, 6.07) is 12.6. The molecule has 0 saturated carbocycles. The molecule has 0 aliphatic carbocycles. The van der Waals surface area contributed by atoms with Crippen LogP contribution in [0.2, 0.25) is 5.02 Å². The smallest absolute Gasteiger partial charge is 0.223 e. The fraction of sp³-hybridized carbons (Fsp3) is 0.435. The molecule has 1 N–H and O–H groups in total. The minimum Gasteiger partial charge on any atom is -0.491 e. The molecule has 0 aromatic heterocycles. The summed E-state index contributed by atoms with van der Waals surface area (Å²) in [5.41, 5.74) is 1.72. The molecule has 6 heteroatoms. The van der Waals surface area contributed by atoms with Crippen LogP contribution in [0.3, 0.4) is 0 Å². The Morgan fingerprint density at radius 3 is 2.69 bits per heavy atom. The second-order valence-electron chi connectivity index (χ2n) is 7.77. The van der Waals surface area contributed by atoms with Crippen LogP contribution in [-0.4, -0.2) is 36.5 Å². The van der Waals surface area contributed by atoms with Crippen molar-refractivity contribution in [3.8, 4) is 5.75 Å². The lowest BCUT2D eigenvalue weighted by molar-refractivity contribution is -0.127. The predicted molar refractivity (Wildman–Crippen MR) is 114 cm³/mol. The normalized spacial score (nSPS) is 16.4. The van der Waals surface area contributed by atoms with Gasteiger partial charge in [-0.3, -0.25) is 9.69 Å². The maximum Gasteiger partial charge on any atom is 0.223 e. The highest BCUT2D eigenvalue weighted by Gasteiger charge is 2.26. The third-order valence-electron chi connectivity index (χ3n) is 5.34. The molecule has 2 aromatic carbocycles. The zero-order valence-corrected chi connectivity index (χ0v) is 17.7. The molecule has 4 nitrogen and oxygen atoms in total. The predicted octanol–water partition coefficient (Wildman–Crippen LogP) is 4.58. The number of hydrogen-bond donors (Lipinski definition) is 1. The molecule has 1 saturated heterocycles. The maximum absolute atomic E-state index is 14.0. The van der Waals surface area contributed by atoms with Crippen LogP contribution in [0.5, 0.6) is 5.75 Å². The van der Waals surface area contributed by atoms with Gasteiger partial charge in [0.05, 0.1) is 6.04 Å². The van der Waals surface area contributed by atoms with E-state index in [1.807, 2.05) is 38.1 Å².